The molecule has 2 heterocycles. The van der Waals surface area contributed by atoms with Crippen molar-refractivity contribution in [2.45, 2.75) is 25.9 Å². The molecule has 1 atom stereocenters. The highest BCUT2D eigenvalue weighted by molar-refractivity contribution is 7.09. The Morgan fingerprint density at radius 3 is 2.80 bits per heavy atom. The van der Waals surface area contributed by atoms with E-state index in [0.29, 0.717) is 18.7 Å². The molecule has 0 aliphatic carbocycles. The van der Waals surface area contributed by atoms with Crippen LogP contribution in [-0.2, 0) is 11.3 Å². The Bertz CT molecular complexity index is 589. The van der Waals surface area contributed by atoms with Crippen LogP contribution in [0.3, 0.4) is 0 Å². The van der Waals surface area contributed by atoms with E-state index in [-0.39, 0.29) is 5.91 Å². The Labute approximate surface area is 120 Å². The average Bonchev–Trinajstić information content (AvgIpc) is 3.07. The van der Waals surface area contributed by atoms with Crippen molar-refractivity contribution in [1.82, 2.24) is 9.88 Å². The maximum atomic E-state index is 12.1. The van der Waals surface area contributed by atoms with Gasteiger partial charge in [-0.2, -0.15) is 0 Å². The summed E-state index contributed by atoms with van der Waals surface area (Å²) in [6, 6.07) is 6.58. The van der Waals surface area contributed by atoms with Crippen LogP contribution in [0, 0.1) is 0 Å². The largest absolute Gasteiger partial charge is 0.480 e. The first kappa shape index (κ1) is 14.3. The molecule has 0 unspecified atom stereocenters. The number of thiophene rings is 1. The second-order valence-corrected chi connectivity index (χ2v) is 5.41. The van der Waals surface area contributed by atoms with Crippen molar-refractivity contribution in [1.29, 1.82) is 0 Å². The van der Waals surface area contributed by atoms with Gasteiger partial charge in [0.15, 0.2) is 0 Å². The van der Waals surface area contributed by atoms with Gasteiger partial charge in [-0.3, -0.25) is 4.79 Å². The first-order valence-corrected chi connectivity index (χ1v) is 7.21. The molecule has 106 valence electrons. The summed E-state index contributed by atoms with van der Waals surface area (Å²) in [6.45, 7) is 2.33. The van der Waals surface area contributed by atoms with Crippen molar-refractivity contribution in [3.05, 3.63) is 46.4 Å². The van der Waals surface area contributed by atoms with Gasteiger partial charge in [0.1, 0.15) is 11.7 Å². The zero-order chi connectivity index (χ0) is 14.5. The van der Waals surface area contributed by atoms with Gasteiger partial charge in [-0.25, -0.2) is 4.79 Å². The van der Waals surface area contributed by atoms with E-state index >= 15 is 0 Å². The number of aliphatic carboxylic acids is 1. The van der Waals surface area contributed by atoms with Crippen LogP contribution >= 0.6 is 11.3 Å². The lowest BCUT2D eigenvalue weighted by atomic mass is 10.2. The second-order valence-electron chi connectivity index (χ2n) is 4.37. The maximum absolute atomic E-state index is 12.1. The Balaban J connectivity index is 2.11. The summed E-state index contributed by atoms with van der Waals surface area (Å²) in [5.41, 5.74) is 0.470. The molecule has 0 fully saturated rings. The van der Waals surface area contributed by atoms with E-state index in [4.69, 9.17) is 5.11 Å². The summed E-state index contributed by atoms with van der Waals surface area (Å²) in [5, 5.41) is 13.5. The SMILES string of the molecule is CC[C@@H](NC(=O)c1cccn1Cc1cccs1)C(=O)O. The zero-order valence-electron chi connectivity index (χ0n) is 11.1. The van der Waals surface area contributed by atoms with E-state index in [9.17, 15) is 9.59 Å². The number of hydrogen-bond acceptors (Lipinski definition) is 3. The quantitative estimate of drug-likeness (QED) is 0.857. The molecule has 20 heavy (non-hydrogen) atoms. The molecule has 2 aromatic heterocycles. The van der Waals surface area contributed by atoms with Crippen LogP contribution in [0.4, 0.5) is 0 Å². The van der Waals surface area contributed by atoms with Gasteiger partial charge in [-0.1, -0.05) is 13.0 Å². The minimum absolute atomic E-state index is 0.354. The van der Waals surface area contributed by atoms with E-state index in [1.807, 2.05) is 28.3 Å². The molecule has 0 bridgehead atoms. The van der Waals surface area contributed by atoms with Gasteiger partial charge in [-0.05, 0) is 30.0 Å². The molecule has 1 amide bonds. The maximum Gasteiger partial charge on any atom is 0.326 e. The zero-order valence-corrected chi connectivity index (χ0v) is 11.9. The third kappa shape index (κ3) is 3.27. The van der Waals surface area contributed by atoms with Crippen molar-refractivity contribution < 1.29 is 14.7 Å². The lowest BCUT2D eigenvalue weighted by molar-refractivity contribution is -0.139. The Morgan fingerprint density at radius 2 is 2.20 bits per heavy atom. The number of carbonyl (C=O) groups is 2. The minimum Gasteiger partial charge on any atom is -0.480 e. The fourth-order valence-electron chi connectivity index (χ4n) is 1.90. The summed E-state index contributed by atoms with van der Waals surface area (Å²) < 4.78 is 1.82. The highest BCUT2D eigenvalue weighted by atomic mass is 32.1. The van der Waals surface area contributed by atoms with Crippen LogP contribution in [0.5, 0.6) is 0 Å². The standard InChI is InChI=1S/C14H16N2O3S/c1-2-11(14(18)19)15-13(17)12-6-3-7-16(12)9-10-5-4-8-20-10/h3-8,11H,2,9H2,1H3,(H,15,17)(H,18,19)/t11-/m1/s1. The third-order valence-corrected chi connectivity index (χ3v) is 3.84. The first-order chi connectivity index (χ1) is 9.61. The molecule has 5 nitrogen and oxygen atoms in total. The molecule has 0 radical (unpaired) electrons. The lowest BCUT2D eigenvalue weighted by Gasteiger charge is -2.13. The number of carboxylic acid groups (broad SMARTS) is 1. The Hall–Kier alpha value is -2.08. The van der Waals surface area contributed by atoms with Crippen molar-refractivity contribution in [2.24, 2.45) is 0 Å². The Morgan fingerprint density at radius 1 is 1.40 bits per heavy atom. The molecule has 0 aliphatic rings. The summed E-state index contributed by atoms with van der Waals surface area (Å²) in [5.74, 6) is -1.38. The molecular formula is C14H16N2O3S. The third-order valence-electron chi connectivity index (χ3n) is 2.98. The van der Waals surface area contributed by atoms with Gasteiger partial charge < -0.3 is 15.0 Å². The molecule has 2 rings (SSSR count). The first-order valence-electron chi connectivity index (χ1n) is 6.33. The molecule has 0 aromatic carbocycles. The highest BCUT2D eigenvalue weighted by Crippen LogP contribution is 2.13. The van der Waals surface area contributed by atoms with Gasteiger partial charge in [0, 0.05) is 11.1 Å². The van der Waals surface area contributed by atoms with Crippen LogP contribution in [0.1, 0.15) is 28.7 Å². The highest BCUT2D eigenvalue weighted by Gasteiger charge is 2.20. The molecular weight excluding hydrogens is 276 g/mol. The monoisotopic (exact) mass is 292 g/mol. The number of rotatable bonds is 6. The molecule has 0 aliphatic heterocycles. The van der Waals surface area contributed by atoms with Crippen LogP contribution < -0.4 is 5.32 Å². The smallest absolute Gasteiger partial charge is 0.326 e. The predicted octanol–water partition coefficient (Wildman–Crippen LogP) is 2.19. The number of nitrogens with zero attached hydrogens (tertiary/aromatic N) is 1. The minimum atomic E-state index is -1.02. The molecule has 2 aromatic rings. The molecule has 0 saturated carbocycles. The fraction of sp³-hybridized carbons (Fsp3) is 0.286. The molecule has 0 spiro atoms. The number of hydrogen-bond donors (Lipinski definition) is 2. The van der Waals surface area contributed by atoms with Gasteiger partial charge in [0.25, 0.3) is 5.91 Å². The predicted molar refractivity (Wildman–Crippen MR) is 77.0 cm³/mol. The summed E-state index contributed by atoms with van der Waals surface area (Å²) in [7, 11) is 0. The van der Waals surface area contributed by atoms with Crippen molar-refractivity contribution in [3.8, 4) is 0 Å². The topological polar surface area (TPSA) is 71.3 Å². The van der Waals surface area contributed by atoms with Gasteiger partial charge in [0.2, 0.25) is 0 Å². The van der Waals surface area contributed by atoms with Crippen LogP contribution in [0.15, 0.2) is 35.8 Å². The Kier molecular flexibility index (Phi) is 4.57. The van der Waals surface area contributed by atoms with E-state index in [1.54, 1.807) is 30.4 Å². The van der Waals surface area contributed by atoms with E-state index < -0.39 is 12.0 Å². The van der Waals surface area contributed by atoms with Crippen LogP contribution in [0.25, 0.3) is 0 Å². The number of carbonyl (C=O) groups excluding carboxylic acids is 1. The normalized spacial score (nSPS) is 12.1. The number of carboxylic acids is 1. The van der Waals surface area contributed by atoms with Crippen molar-refractivity contribution in [2.75, 3.05) is 0 Å². The van der Waals surface area contributed by atoms with Gasteiger partial charge >= 0.3 is 5.97 Å². The number of aromatic nitrogens is 1. The molecule has 2 N–H and O–H groups in total. The van der Waals surface area contributed by atoms with Gasteiger partial charge in [-0.15, -0.1) is 11.3 Å². The fourth-order valence-corrected chi connectivity index (χ4v) is 2.60. The number of amides is 1. The van der Waals surface area contributed by atoms with Crippen molar-refractivity contribution >= 4 is 23.2 Å². The van der Waals surface area contributed by atoms with Gasteiger partial charge in [0.05, 0.1) is 6.54 Å². The lowest BCUT2D eigenvalue weighted by Crippen LogP contribution is -2.40. The second kappa shape index (κ2) is 6.38. The average molecular weight is 292 g/mol. The summed E-state index contributed by atoms with van der Waals surface area (Å²) >= 11 is 1.62. The van der Waals surface area contributed by atoms with Crippen LogP contribution in [-0.4, -0.2) is 27.6 Å². The van der Waals surface area contributed by atoms with E-state index in [1.165, 1.54) is 0 Å². The van der Waals surface area contributed by atoms with Crippen LogP contribution in [0.2, 0.25) is 0 Å². The summed E-state index contributed by atoms with van der Waals surface area (Å²) in [4.78, 5) is 24.2. The van der Waals surface area contributed by atoms with E-state index in [2.05, 4.69) is 5.32 Å². The van der Waals surface area contributed by atoms with Crippen molar-refractivity contribution in [3.63, 3.8) is 0 Å². The summed E-state index contributed by atoms with van der Waals surface area (Å²) in [6.07, 6.45) is 2.17. The van der Waals surface area contributed by atoms with E-state index in [0.717, 1.165) is 4.88 Å². The molecule has 0 saturated heterocycles. The number of nitrogens with one attached hydrogen (secondary N) is 1. The molecule has 6 heteroatoms.